The minimum atomic E-state index is -0.188. The van der Waals surface area contributed by atoms with Gasteiger partial charge in [0.1, 0.15) is 0 Å². The number of carbonyl (C=O) groups excluding carboxylic acids is 2. The maximum atomic E-state index is 12.0. The molecule has 1 fully saturated rings. The molecule has 0 bridgehead atoms. The molecule has 1 aliphatic carbocycles. The number of thiophene rings is 1. The van der Waals surface area contributed by atoms with Crippen LogP contribution < -0.4 is 16.0 Å². The molecule has 1 saturated carbocycles. The predicted molar refractivity (Wildman–Crippen MR) is 106 cm³/mol. The number of nitrogens with one attached hydrogen (secondary N) is 3. The molecular formula is C18H24N4O2S2. The fourth-order valence-electron chi connectivity index (χ4n) is 2.97. The molecule has 0 unspecified atom stereocenters. The van der Waals surface area contributed by atoms with E-state index in [9.17, 15) is 9.59 Å². The van der Waals surface area contributed by atoms with Gasteiger partial charge in [0, 0.05) is 22.7 Å². The second-order valence-corrected chi connectivity index (χ2v) is 8.32. The van der Waals surface area contributed by atoms with Crippen LogP contribution in [-0.2, 0) is 17.8 Å². The summed E-state index contributed by atoms with van der Waals surface area (Å²) in [5, 5.41) is 13.2. The number of carbonyl (C=O) groups is 2. The number of thiazole rings is 1. The first kappa shape index (κ1) is 18.8. The van der Waals surface area contributed by atoms with Crippen LogP contribution in [-0.4, -0.2) is 23.0 Å². The first-order chi connectivity index (χ1) is 12.7. The molecule has 6 nitrogen and oxygen atoms in total. The lowest BCUT2D eigenvalue weighted by molar-refractivity contribution is -0.121. The molecule has 26 heavy (non-hydrogen) atoms. The number of amides is 3. The Morgan fingerprint density at radius 1 is 1.19 bits per heavy atom. The van der Waals surface area contributed by atoms with Gasteiger partial charge in [-0.25, -0.2) is 9.78 Å². The summed E-state index contributed by atoms with van der Waals surface area (Å²) in [5.41, 5.74) is 0.828. The van der Waals surface area contributed by atoms with E-state index in [-0.39, 0.29) is 18.0 Å². The summed E-state index contributed by atoms with van der Waals surface area (Å²) in [6.07, 6.45) is 6.69. The second kappa shape index (κ2) is 9.68. The van der Waals surface area contributed by atoms with Crippen LogP contribution in [0.4, 0.5) is 9.93 Å². The van der Waals surface area contributed by atoms with Crippen molar-refractivity contribution < 1.29 is 9.59 Å². The van der Waals surface area contributed by atoms with Crippen LogP contribution in [0.25, 0.3) is 0 Å². The molecule has 2 aromatic heterocycles. The van der Waals surface area contributed by atoms with Gasteiger partial charge in [-0.05, 0) is 30.7 Å². The number of nitrogens with zero attached hydrogens (tertiary/aromatic N) is 1. The number of rotatable bonds is 7. The summed E-state index contributed by atoms with van der Waals surface area (Å²) in [6, 6.07) is 4.06. The lowest BCUT2D eigenvalue weighted by Gasteiger charge is -2.22. The molecule has 2 heterocycles. The minimum absolute atomic E-state index is 0.0101. The first-order valence-electron chi connectivity index (χ1n) is 9.00. The first-order valence-corrected chi connectivity index (χ1v) is 10.8. The van der Waals surface area contributed by atoms with E-state index in [0.29, 0.717) is 24.5 Å². The molecule has 8 heteroatoms. The van der Waals surface area contributed by atoms with Crippen LogP contribution >= 0.6 is 22.7 Å². The van der Waals surface area contributed by atoms with Crippen molar-refractivity contribution >= 4 is 39.7 Å². The summed E-state index contributed by atoms with van der Waals surface area (Å²) in [4.78, 5) is 29.5. The molecule has 140 valence electrons. The third-order valence-corrected chi connectivity index (χ3v) is 6.04. The van der Waals surface area contributed by atoms with Crippen molar-refractivity contribution in [3.05, 3.63) is 33.5 Å². The third kappa shape index (κ3) is 6.10. The van der Waals surface area contributed by atoms with Crippen molar-refractivity contribution in [1.82, 2.24) is 15.6 Å². The minimum Gasteiger partial charge on any atom is -0.351 e. The smallest absolute Gasteiger partial charge is 0.321 e. The lowest BCUT2D eigenvalue weighted by Crippen LogP contribution is -2.38. The van der Waals surface area contributed by atoms with Crippen molar-refractivity contribution in [2.45, 2.75) is 57.5 Å². The summed E-state index contributed by atoms with van der Waals surface area (Å²) in [7, 11) is 0. The topological polar surface area (TPSA) is 83.1 Å². The average molecular weight is 393 g/mol. The normalized spacial score (nSPS) is 14.8. The van der Waals surface area contributed by atoms with Crippen LogP contribution in [0, 0.1) is 0 Å². The van der Waals surface area contributed by atoms with Gasteiger partial charge in [-0.2, -0.15) is 0 Å². The number of aromatic nitrogens is 1. The molecule has 0 aliphatic heterocycles. The maximum absolute atomic E-state index is 12.0. The van der Waals surface area contributed by atoms with Crippen molar-refractivity contribution in [2.24, 2.45) is 0 Å². The molecule has 0 spiro atoms. The predicted octanol–water partition coefficient (Wildman–Crippen LogP) is 3.91. The van der Waals surface area contributed by atoms with Gasteiger partial charge in [-0.1, -0.05) is 25.3 Å². The quantitative estimate of drug-likeness (QED) is 0.668. The third-order valence-electron chi connectivity index (χ3n) is 4.36. The highest BCUT2D eigenvalue weighted by atomic mass is 32.1. The molecule has 0 saturated heterocycles. The van der Waals surface area contributed by atoms with Crippen LogP contribution in [0.1, 0.15) is 49.1 Å². The van der Waals surface area contributed by atoms with Gasteiger partial charge in [-0.15, -0.1) is 22.7 Å². The molecule has 3 rings (SSSR count). The largest absolute Gasteiger partial charge is 0.351 e. The van der Waals surface area contributed by atoms with E-state index in [0.717, 1.165) is 23.4 Å². The number of anilines is 1. The Morgan fingerprint density at radius 2 is 2.04 bits per heavy atom. The molecular weight excluding hydrogens is 368 g/mol. The summed E-state index contributed by atoms with van der Waals surface area (Å²) < 4.78 is 0. The van der Waals surface area contributed by atoms with Gasteiger partial charge < -0.3 is 10.6 Å². The van der Waals surface area contributed by atoms with Crippen LogP contribution in [0.3, 0.4) is 0 Å². The van der Waals surface area contributed by atoms with Gasteiger partial charge in [-0.3, -0.25) is 10.1 Å². The van der Waals surface area contributed by atoms with Crippen molar-refractivity contribution in [2.75, 3.05) is 5.32 Å². The summed E-state index contributed by atoms with van der Waals surface area (Å²) >= 11 is 3.02. The Labute approximate surface area is 161 Å². The standard InChI is InChI=1S/C18H24N4O2S2/c23-16(19-11-15-7-4-10-25-15)9-8-14-12-26-18(21-14)22-17(24)20-13-5-2-1-3-6-13/h4,7,10,12-13H,1-3,5-6,8-9,11H2,(H,19,23)(H2,20,21,22,24). The van der Waals surface area contributed by atoms with E-state index in [2.05, 4.69) is 20.9 Å². The molecule has 0 radical (unpaired) electrons. The van der Waals surface area contributed by atoms with Crippen molar-refractivity contribution in [1.29, 1.82) is 0 Å². The van der Waals surface area contributed by atoms with E-state index < -0.39 is 0 Å². The van der Waals surface area contributed by atoms with E-state index >= 15 is 0 Å². The maximum Gasteiger partial charge on any atom is 0.321 e. The van der Waals surface area contributed by atoms with Crippen molar-refractivity contribution in [3.63, 3.8) is 0 Å². The van der Waals surface area contributed by atoms with Crippen molar-refractivity contribution in [3.8, 4) is 0 Å². The fraction of sp³-hybridized carbons (Fsp3) is 0.500. The molecule has 0 aromatic carbocycles. The molecule has 1 aliphatic rings. The zero-order valence-corrected chi connectivity index (χ0v) is 16.3. The van der Waals surface area contributed by atoms with Gasteiger partial charge >= 0.3 is 6.03 Å². The van der Waals surface area contributed by atoms with E-state index in [4.69, 9.17) is 0 Å². The Balaban J connectivity index is 1.37. The Bertz CT molecular complexity index is 709. The Morgan fingerprint density at radius 3 is 2.81 bits per heavy atom. The average Bonchev–Trinajstić information content (AvgIpc) is 3.31. The van der Waals surface area contributed by atoms with Gasteiger partial charge in [0.05, 0.1) is 12.2 Å². The van der Waals surface area contributed by atoms with Crippen LogP contribution in [0.5, 0.6) is 0 Å². The van der Waals surface area contributed by atoms with Gasteiger partial charge in [0.15, 0.2) is 5.13 Å². The fourth-order valence-corrected chi connectivity index (χ4v) is 4.36. The molecule has 3 amide bonds. The van der Waals surface area contributed by atoms with Gasteiger partial charge in [0.25, 0.3) is 0 Å². The van der Waals surface area contributed by atoms with E-state index in [1.807, 2.05) is 22.9 Å². The summed E-state index contributed by atoms with van der Waals surface area (Å²) in [6.45, 7) is 0.571. The number of hydrogen-bond acceptors (Lipinski definition) is 5. The molecule has 2 aromatic rings. The highest BCUT2D eigenvalue weighted by Gasteiger charge is 2.16. The van der Waals surface area contributed by atoms with Gasteiger partial charge in [0.2, 0.25) is 5.91 Å². The molecule has 0 atom stereocenters. The molecule has 3 N–H and O–H groups in total. The van der Waals surface area contributed by atoms with Crippen LogP contribution in [0.2, 0.25) is 0 Å². The Kier molecular flexibility index (Phi) is 7.02. The zero-order chi connectivity index (χ0) is 18.2. The Hall–Kier alpha value is -1.93. The SMILES string of the molecule is O=C(CCc1csc(NC(=O)NC2CCCCC2)n1)NCc1cccs1. The number of urea groups is 1. The number of aryl methyl sites for hydroxylation is 1. The highest BCUT2D eigenvalue weighted by Crippen LogP contribution is 2.19. The van der Waals surface area contributed by atoms with Crippen LogP contribution in [0.15, 0.2) is 22.9 Å². The zero-order valence-electron chi connectivity index (χ0n) is 14.6. The summed E-state index contributed by atoms with van der Waals surface area (Å²) in [5.74, 6) is 0.0101. The van der Waals surface area contributed by atoms with E-state index in [1.54, 1.807) is 11.3 Å². The lowest BCUT2D eigenvalue weighted by atomic mass is 9.96. The monoisotopic (exact) mass is 392 g/mol. The second-order valence-electron chi connectivity index (χ2n) is 6.43. The number of hydrogen-bond donors (Lipinski definition) is 3. The van der Waals surface area contributed by atoms with E-state index in [1.165, 1.54) is 30.6 Å². The highest BCUT2D eigenvalue weighted by molar-refractivity contribution is 7.13.